The number of halogens is 1. The number of piperidine rings is 1. The van der Waals surface area contributed by atoms with Gasteiger partial charge in [-0.05, 0) is 55.6 Å². The van der Waals surface area contributed by atoms with Crippen molar-refractivity contribution in [2.45, 2.75) is 31.9 Å². The second-order valence-corrected chi connectivity index (χ2v) is 6.88. The molecule has 3 nitrogen and oxygen atoms in total. The molecule has 1 heterocycles. The molecule has 0 atom stereocenters. The molecule has 1 saturated heterocycles. The van der Waals surface area contributed by atoms with Crippen LogP contribution in [0.15, 0.2) is 48.5 Å². The summed E-state index contributed by atoms with van der Waals surface area (Å²) < 4.78 is 5.83. The molecule has 24 heavy (non-hydrogen) atoms. The summed E-state index contributed by atoms with van der Waals surface area (Å²) in [5.41, 5.74) is 8.34. The molecule has 0 aliphatic carbocycles. The highest BCUT2D eigenvalue weighted by Crippen LogP contribution is 2.26. The minimum absolute atomic E-state index is 0.386. The average molecular weight is 345 g/mol. The molecule has 0 unspecified atom stereocenters. The van der Waals surface area contributed by atoms with Gasteiger partial charge in [-0.2, -0.15) is 0 Å². The van der Waals surface area contributed by atoms with Crippen molar-refractivity contribution in [1.82, 2.24) is 4.90 Å². The molecular weight excluding hydrogens is 320 g/mol. The van der Waals surface area contributed by atoms with E-state index in [4.69, 9.17) is 22.1 Å². The Morgan fingerprint density at radius 1 is 1.04 bits per heavy atom. The van der Waals surface area contributed by atoms with Crippen LogP contribution in [-0.4, -0.2) is 30.6 Å². The maximum absolute atomic E-state index is 6.38. The standard InChI is InChI=1S/C20H25ClN2O/c21-19-14-16(8-11-23-12-9-18(22)10-13-23)6-7-20(19)24-15-17-4-2-1-3-5-17/h1-7,14,18H,8-13,15,22H2. The summed E-state index contributed by atoms with van der Waals surface area (Å²) >= 11 is 6.38. The first-order chi connectivity index (χ1) is 11.7. The Hall–Kier alpha value is -1.55. The van der Waals surface area contributed by atoms with E-state index >= 15 is 0 Å². The molecule has 2 aromatic carbocycles. The Bertz CT molecular complexity index is 639. The van der Waals surface area contributed by atoms with E-state index in [2.05, 4.69) is 11.0 Å². The van der Waals surface area contributed by atoms with Gasteiger partial charge in [0, 0.05) is 12.6 Å². The van der Waals surface area contributed by atoms with Crippen LogP contribution in [0.4, 0.5) is 0 Å². The van der Waals surface area contributed by atoms with Crippen molar-refractivity contribution in [1.29, 1.82) is 0 Å². The third-order valence-electron chi connectivity index (χ3n) is 4.58. The number of nitrogens with zero attached hydrogens (tertiary/aromatic N) is 1. The SMILES string of the molecule is NC1CCN(CCc2ccc(OCc3ccccc3)c(Cl)c2)CC1. The molecule has 1 aliphatic heterocycles. The van der Waals surface area contributed by atoms with Crippen molar-refractivity contribution >= 4 is 11.6 Å². The fourth-order valence-corrected chi connectivity index (χ4v) is 3.27. The molecule has 4 heteroatoms. The monoisotopic (exact) mass is 344 g/mol. The van der Waals surface area contributed by atoms with Crippen LogP contribution in [0.1, 0.15) is 24.0 Å². The number of hydrogen-bond donors (Lipinski definition) is 1. The smallest absolute Gasteiger partial charge is 0.138 e. The molecule has 1 aliphatic rings. The van der Waals surface area contributed by atoms with E-state index in [1.165, 1.54) is 5.56 Å². The predicted octanol–water partition coefficient (Wildman–Crippen LogP) is 3.88. The van der Waals surface area contributed by atoms with Crippen molar-refractivity contribution in [2.75, 3.05) is 19.6 Å². The highest BCUT2D eigenvalue weighted by molar-refractivity contribution is 6.32. The summed E-state index contributed by atoms with van der Waals surface area (Å²) in [6.07, 6.45) is 3.22. The molecule has 128 valence electrons. The van der Waals surface area contributed by atoms with Crippen molar-refractivity contribution in [2.24, 2.45) is 5.73 Å². The fourth-order valence-electron chi connectivity index (χ4n) is 3.02. The van der Waals surface area contributed by atoms with E-state index < -0.39 is 0 Å². The van der Waals surface area contributed by atoms with Crippen LogP contribution in [0.3, 0.4) is 0 Å². The van der Waals surface area contributed by atoms with Gasteiger partial charge in [0.25, 0.3) is 0 Å². The summed E-state index contributed by atoms with van der Waals surface area (Å²) in [6.45, 7) is 3.81. The topological polar surface area (TPSA) is 38.5 Å². The first kappa shape index (κ1) is 17.3. The molecule has 0 bridgehead atoms. The third kappa shape index (κ3) is 4.97. The van der Waals surface area contributed by atoms with E-state index in [0.29, 0.717) is 17.7 Å². The van der Waals surface area contributed by atoms with Crippen LogP contribution in [0.2, 0.25) is 5.02 Å². The molecule has 2 N–H and O–H groups in total. The van der Waals surface area contributed by atoms with Crippen LogP contribution in [0.5, 0.6) is 5.75 Å². The van der Waals surface area contributed by atoms with Crippen molar-refractivity contribution in [3.05, 3.63) is 64.7 Å². The van der Waals surface area contributed by atoms with E-state index in [-0.39, 0.29) is 0 Å². The zero-order chi connectivity index (χ0) is 16.8. The molecule has 3 rings (SSSR count). The van der Waals surface area contributed by atoms with E-state index in [1.807, 2.05) is 42.5 Å². The number of ether oxygens (including phenoxy) is 1. The van der Waals surface area contributed by atoms with Crippen molar-refractivity contribution in [3.8, 4) is 5.75 Å². The maximum Gasteiger partial charge on any atom is 0.138 e. The summed E-state index contributed by atoms with van der Waals surface area (Å²) in [4.78, 5) is 2.48. The van der Waals surface area contributed by atoms with Crippen LogP contribution in [-0.2, 0) is 13.0 Å². The van der Waals surface area contributed by atoms with Gasteiger partial charge >= 0.3 is 0 Å². The van der Waals surface area contributed by atoms with Crippen molar-refractivity contribution in [3.63, 3.8) is 0 Å². The Balaban J connectivity index is 1.50. The second kappa shape index (κ2) is 8.52. The summed E-state index contributed by atoms with van der Waals surface area (Å²) in [5, 5.41) is 0.684. The summed E-state index contributed by atoms with van der Waals surface area (Å²) in [6, 6.07) is 16.6. The van der Waals surface area contributed by atoms with Gasteiger partial charge in [-0.25, -0.2) is 0 Å². The van der Waals surface area contributed by atoms with Crippen molar-refractivity contribution < 1.29 is 4.74 Å². The first-order valence-corrected chi connectivity index (χ1v) is 9.01. The largest absolute Gasteiger partial charge is 0.487 e. The molecule has 0 amide bonds. The van der Waals surface area contributed by atoms with Crippen LogP contribution in [0, 0.1) is 0 Å². The minimum atomic E-state index is 0.386. The quantitative estimate of drug-likeness (QED) is 0.864. The van der Waals surface area contributed by atoms with Gasteiger partial charge in [0.15, 0.2) is 0 Å². The number of benzene rings is 2. The van der Waals surface area contributed by atoms with Gasteiger partial charge < -0.3 is 15.4 Å². The molecule has 0 radical (unpaired) electrons. The third-order valence-corrected chi connectivity index (χ3v) is 4.88. The Kier molecular flexibility index (Phi) is 6.13. The predicted molar refractivity (Wildman–Crippen MR) is 99.6 cm³/mol. The lowest BCUT2D eigenvalue weighted by Crippen LogP contribution is -2.40. The first-order valence-electron chi connectivity index (χ1n) is 8.64. The molecular formula is C20H25ClN2O. The van der Waals surface area contributed by atoms with E-state index in [0.717, 1.165) is 50.2 Å². The zero-order valence-electron chi connectivity index (χ0n) is 14.0. The lowest BCUT2D eigenvalue weighted by molar-refractivity contribution is 0.215. The lowest BCUT2D eigenvalue weighted by Gasteiger charge is -2.30. The Morgan fingerprint density at radius 3 is 2.50 bits per heavy atom. The van der Waals surface area contributed by atoms with Gasteiger partial charge in [0.05, 0.1) is 5.02 Å². The normalized spacial score (nSPS) is 16.2. The van der Waals surface area contributed by atoms with E-state index in [1.54, 1.807) is 0 Å². The molecule has 0 saturated carbocycles. The molecule has 2 aromatic rings. The molecule has 1 fully saturated rings. The van der Waals surface area contributed by atoms with Crippen LogP contribution >= 0.6 is 11.6 Å². The maximum atomic E-state index is 6.38. The minimum Gasteiger partial charge on any atom is -0.487 e. The van der Waals surface area contributed by atoms with Crippen LogP contribution < -0.4 is 10.5 Å². The van der Waals surface area contributed by atoms with Gasteiger partial charge in [-0.3, -0.25) is 0 Å². The number of rotatable bonds is 6. The number of nitrogens with two attached hydrogens (primary N) is 1. The van der Waals surface area contributed by atoms with Crippen LogP contribution in [0.25, 0.3) is 0 Å². The van der Waals surface area contributed by atoms with Gasteiger partial charge in [-0.15, -0.1) is 0 Å². The molecule has 0 spiro atoms. The summed E-state index contributed by atoms with van der Waals surface area (Å²) in [7, 11) is 0. The van der Waals surface area contributed by atoms with Gasteiger partial charge in [0.2, 0.25) is 0 Å². The lowest BCUT2D eigenvalue weighted by atomic mass is 10.1. The zero-order valence-corrected chi connectivity index (χ0v) is 14.7. The summed E-state index contributed by atoms with van der Waals surface area (Å²) in [5.74, 6) is 0.744. The average Bonchev–Trinajstić information content (AvgIpc) is 2.61. The number of likely N-dealkylation sites (tertiary alicyclic amines) is 1. The Morgan fingerprint density at radius 2 is 1.79 bits per heavy atom. The number of hydrogen-bond acceptors (Lipinski definition) is 3. The van der Waals surface area contributed by atoms with E-state index in [9.17, 15) is 0 Å². The molecule has 0 aromatic heterocycles. The second-order valence-electron chi connectivity index (χ2n) is 6.47. The van der Waals surface area contributed by atoms with Gasteiger partial charge in [0.1, 0.15) is 12.4 Å². The Labute approximate surface area is 149 Å². The highest BCUT2D eigenvalue weighted by atomic mass is 35.5. The van der Waals surface area contributed by atoms with Gasteiger partial charge in [-0.1, -0.05) is 48.0 Å². The fraction of sp³-hybridized carbons (Fsp3) is 0.400. The highest BCUT2D eigenvalue weighted by Gasteiger charge is 2.15.